The van der Waals surface area contributed by atoms with Crippen LogP contribution in [-0.2, 0) is 9.53 Å². The molecule has 1 saturated carbocycles. The number of rotatable bonds is 3. The summed E-state index contributed by atoms with van der Waals surface area (Å²) in [4.78, 5) is 27.3. The summed E-state index contributed by atoms with van der Waals surface area (Å²) in [5.41, 5.74) is 2.16. The van der Waals surface area contributed by atoms with Crippen molar-refractivity contribution in [3.05, 3.63) is 30.6 Å². The lowest BCUT2D eigenvalue weighted by Gasteiger charge is -2.54. The number of fused-ring (bicyclic) bond motifs is 1. The number of hydrogen-bond donors (Lipinski definition) is 0. The van der Waals surface area contributed by atoms with Crippen LogP contribution in [0.2, 0.25) is 0 Å². The summed E-state index contributed by atoms with van der Waals surface area (Å²) in [6.07, 6.45) is 1.24. The number of ether oxygens (including phenoxy) is 1. The third-order valence-electron chi connectivity index (χ3n) is 6.76. The van der Waals surface area contributed by atoms with Gasteiger partial charge in [-0.2, -0.15) is 5.10 Å². The monoisotopic (exact) mass is 445 g/mol. The van der Waals surface area contributed by atoms with E-state index in [2.05, 4.69) is 5.10 Å². The number of carbonyl (C=O) groups is 2. The molecule has 2 atom stereocenters. The molecule has 0 radical (unpaired) electrons. The minimum Gasteiger partial charge on any atom is -0.530 e. The SMILES string of the molecule is CC(=O)N1c2ccc(-c3cnn(C4COC4)c3)cc2N(C(=O)[O-])C(C2CC(F)(F)C2)[C@@H]1C. The van der Waals surface area contributed by atoms with Crippen molar-refractivity contribution in [1.29, 1.82) is 0 Å². The molecular weight excluding hydrogens is 422 g/mol. The Labute approximate surface area is 183 Å². The van der Waals surface area contributed by atoms with Crippen LogP contribution in [0.25, 0.3) is 11.1 Å². The molecule has 5 rings (SSSR count). The molecule has 1 aromatic heterocycles. The van der Waals surface area contributed by atoms with Crippen LogP contribution in [0.5, 0.6) is 0 Å². The molecule has 0 spiro atoms. The van der Waals surface area contributed by atoms with Crippen molar-refractivity contribution in [1.82, 2.24) is 9.78 Å². The van der Waals surface area contributed by atoms with E-state index in [1.54, 1.807) is 36.0 Å². The predicted molar refractivity (Wildman–Crippen MR) is 109 cm³/mol. The van der Waals surface area contributed by atoms with Gasteiger partial charge in [-0.05, 0) is 30.5 Å². The standard InChI is InChI=1S/C22H24F2N4O4/c1-12-20(15-6-22(23,24)7-15)28(21(30)31)19-5-14(3-4-18(19)27(12)13(2)29)16-8-25-26(9-16)17-10-32-11-17/h3-5,8-9,12,15,17,20H,6-7,10-11H2,1-2H3,(H,30,31)/p-1/t12-,20?/m0/s1. The first-order valence-electron chi connectivity index (χ1n) is 10.6. The quantitative estimate of drug-likeness (QED) is 0.724. The Balaban J connectivity index is 1.58. The van der Waals surface area contributed by atoms with E-state index in [0.29, 0.717) is 24.5 Å². The van der Waals surface area contributed by atoms with Gasteiger partial charge in [0.2, 0.25) is 11.8 Å². The fourth-order valence-corrected chi connectivity index (χ4v) is 5.14. The molecule has 8 nitrogen and oxygen atoms in total. The molecule has 2 amide bonds. The van der Waals surface area contributed by atoms with Gasteiger partial charge in [0.25, 0.3) is 0 Å². The van der Waals surface area contributed by atoms with Gasteiger partial charge in [-0.1, -0.05) is 6.07 Å². The van der Waals surface area contributed by atoms with Crippen LogP contribution in [-0.4, -0.2) is 53.0 Å². The number of aromatic nitrogens is 2. The van der Waals surface area contributed by atoms with E-state index < -0.39 is 42.9 Å². The predicted octanol–water partition coefficient (Wildman–Crippen LogP) is 2.44. The summed E-state index contributed by atoms with van der Waals surface area (Å²) >= 11 is 0. The molecule has 1 aromatic carbocycles. The van der Waals surface area contributed by atoms with E-state index in [9.17, 15) is 23.5 Å². The smallest absolute Gasteiger partial charge is 0.248 e. The Morgan fingerprint density at radius 2 is 1.88 bits per heavy atom. The molecule has 2 aromatic rings. The average molecular weight is 445 g/mol. The van der Waals surface area contributed by atoms with Gasteiger partial charge >= 0.3 is 0 Å². The Bertz CT molecular complexity index is 1080. The number of halogens is 2. The number of carboxylic acid groups (broad SMARTS) is 1. The van der Waals surface area contributed by atoms with Gasteiger partial charge in [0.15, 0.2) is 0 Å². The highest BCUT2D eigenvalue weighted by molar-refractivity contribution is 6.03. The zero-order valence-electron chi connectivity index (χ0n) is 17.7. The average Bonchev–Trinajstić information content (AvgIpc) is 3.12. The zero-order chi connectivity index (χ0) is 22.8. The number of hydrogen-bond acceptors (Lipinski definition) is 5. The number of alkyl halides is 2. The summed E-state index contributed by atoms with van der Waals surface area (Å²) in [5.74, 6) is -3.67. The molecule has 1 saturated heterocycles. The molecule has 170 valence electrons. The fourth-order valence-electron chi connectivity index (χ4n) is 5.14. The van der Waals surface area contributed by atoms with E-state index in [1.165, 1.54) is 11.8 Å². The lowest BCUT2D eigenvalue weighted by molar-refractivity contribution is -0.248. The lowest BCUT2D eigenvalue weighted by atomic mass is 9.72. The van der Waals surface area contributed by atoms with Crippen molar-refractivity contribution >= 4 is 23.4 Å². The Morgan fingerprint density at radius 3 is 2.44 bits per heavy atom. The summed E-state index contributed by atoms with van der Waals surface area (Å²) < 4.78 is 34.3. The molecule has 1 aliphatic carbocycles. The highest BCUT2D eigenvalue weighted by Gasteiger charge is 2.54. The van der Waals surface area contributed by atoms with Gasteiger partial charge in [0.05, 0.1) is 48.9 Å². The third kappa shape index (κ3) is 3.24. The van der Waals surface area contributed by atoms with Crippen LogP contribution in [0.3, 0.4) is 0 Å². The molecule has 32 heavy (non-hydrogen) atoms. The van der Waals surface area contributed by atoms with Gasteiger partial charge in [-0.25, -0.2) is 8.78 Å². The second kappa shape index (κ2) is 7.26. The van der Waals surface area contributed by atoms with Crippen molar-refractivity contribution in [3.8, 4) is 11.1 Å². The van der Waals surface area contributed by atoms with Gasteiger partial charge in [-0.15, -0.1) is 0 Å². The molecule has 0 bridgehead atoms. The zero-order valence-corrected chi connectivity index (χ0v) is 17.7. The first-order chi connectivity index (χ1) is 15.2. The van der Waals surface area contributed by atoms with Crippen molar-refractivity contribution < 1.29 is 28.2 Å². The minimum absolute atomic E-state index is 0.166. The number of nitrogens with zero attached hydrogens (tertiary/aromatic N) is 4. The number of carbonyl (C=O) groups excluding carboxylic acids is 2. The highest BCUT2D eigenvalue weighted by Crippen LogP contribution is 2.50. The maximum atomic E-state index is 13.7. The maximum absolute atomic E-state index is 13.7. The number of anilines is 2. The van der Waals surface area contributed by atoms with Crippen LogP contribution >= 0.6 is 0 Å². The van der Waals surface area contributed by atoms with Gasteiger partial charge in [0, 0.05) is 31.5 Å². The van der Waals surface area contributed by atoms with Crippen molar-refractivity contribution in [2.45, 2.75) is 50.7 Å². The molecule has 1 unspecified atom stereocenters. The fraction of sp³-hybridized carbons (Fsp3) is 0.500. The van der Waals surface area contributed by atoms with Crippen molar-refractivity contribution in [2.24, 2.45) is 5.92 Å². The normalized spacial score (nSPS) is 25.1. The molecule has 3 aliphatic rings. The topological polar surface area (TPSA) is 90.7 Å². The molecule has 3 heterocycles. The van der Waals surface area contributed by atoms with Gasteiger partial charge in [0.1, 0.15) is 6.09 Å². The Kier molecular flexibility index (Phi) is 4.74. The van der Waals surface area contributed by atoms with Crippen LogP contribution < -0.4 is 14.9 Å². The summed E-state index contributed by atoms with van der Waals surface area (Å²) in [6.45, 7) is 4.26. The minimum atomic E-state index is -2.81. The van der Waals surface area contributed by atoms with E-state index in [-0.39, 0.29) is 17.6 Å². The molecule has 10 heteroatoms. The molecule has 2 fully saturated rings. The van der Waals surface area contributed by atoms with E-state index in [0.717, 1.165) is 10.5 Å². The van der Waals surface area contributed by atoms with Crippen LogP contribution in [0.1, 0.15) is 32.7 Å². The van der Waals surface area contributed by atoms with Crippen LogP contribution in [0.15, 0.2) is 30.6 Å². The van der Waals surface area contributed by atoms with E-state index >= 15 is 0 Å². The van der Waals surface area contributed by atoms with Crippen LogP contribution in [0, 0.1) is 5.92 Å². The molecular formula is C22H23F2N4O4-. The second-order valence-corrected chi connectivity index (χ2v) is 8.88. The van der Waals surface area contributed by atoms with Gasteiger partial charge in [-0.3, -0.25) is 9.48 Å². The van der Waals surface area contributed by atoms with E-state index in [4.69, 9.17) is 4.74 Å². The maximum Gasteiger partial charge on any atom is 0.248 e. The van der Waals surface area contributed by atoms with Crippen LogP contribution in [0.4, 0.5) is 25.0 Å². The third-order valence-corrected chi connectivity index (χ3v) is 6.76. The second-order valence-electron chi connectivity index (χ2n) is 8.88. The molecule has 0 N–H and O–H groups in total. The molecule has 2 aliphatic heterocycles. The summed E-state index contributed by atoms with van der Waals surface area (Å²) in [7, 11) is 0. The lowest BCUT2D eigenvalue weighted by Crippen LogP contribution is -2.65. The largest absolute Gasteiger partial charge is 0.530 e. The van der Waals surface area contributed by atoms with Crippen molar-refractivity contribution in [2.75, 3.05) is 23.0 Å². The first kappa shape index (κ1) is 20.9. The van der Waals surface area contributed by atoms with E-state index in [1.807, 2.05) is 6.20 Å². The Hall–Kier alpha value is -3.01. The number of benzene rings is 1. The number of amides is 2. The summed E-state index contributed by atoms with van der Waals surface area (Å²) in [6, 6.07) is 3.89. The summed E-state index contributed by atoms with van der Waals surface area (Å²) in [5, 5.41) is 16.6. The van der Waals surface area contributed by atoms with Crippen molar-refractivity contribution in [3.63, 3.8) is 0 Å². The highest BCUT2D eigenvalue weighted by atomic mass is 19.3. The first-order valence-corrected chi connectivity index (χ1v) is 10.6. The Morgan fingerprint density at radius 1 is 1.16 bits per heavy atom. The van der Waals surface area contributed by atoms with Gasteiger partial charge < -0.3 is 24.4 Å².